The highest BCUT2D eigenvalue weighted by Crippen LogP contribution is 2.32. The van der Waals surface area contributed by atoms with Gasteiger partial charge in [0.2, 0.25) is 10.0 Å². The van der Waals surface area contributed by atoms with E-state index in [4.69, 9.17) is 28.3 Å². The normalized spacial score (nSPS) is 11.3. The zero-order valence-corrected chi connectivity index (χ0v) is 11.8. The van der Waals surface area contributed by atoms with Crippen LogP contribution in [0.3, 0.4) is 0 Å². The molecule has 0 heterocycles. The van der Waals surface area contributed by atoms with Gasteiger partial charge in [0.15, 0.2) is 0 Å². The predicted molar refractivity (Wildman–Crippen MR) is 71.4 cm³/mol. The molecule has 1 aromatic rings. The van der Waals surface area contributed by atoms with Gasteiger partial charge in [-0.3, -0.25) is 9.11 Å². The molecule has 0 atom stereocenters. The van der Waals surface area contributed by atoms with Gasteiger partial charge in [0.25, 0.3) is 0 Å². The first-order valence-electron chi connectivity index (χ1n) is 5.06. The molecular weight excluding hydrogens is 320 g/mol. The Morgan fingerprint density at radius 2 is 2.00 bits per heavy atom. The van der Waals surface area contributed by atoms with Gasteiger partial charge in [-0.1, -0.05) is 23.2 Å². The molecule has 1 aromatic carbocycles. The summed E-state index contributed by atoms with van der Waals surface area (Å²) < 4.78 is 37.2. The lowest BCUT2D eigenvalue weighted by molar-refractivity contribution is 0.0697. The number of alkyl halides is 1. The van der Waals surface area contributed by atoms with Crippen LogP contribution in [0, 0.1) is 0 Å². The monoisotopic (exact) mass is 329 g/mol. The van der Waals surface area contributed by atoms with Gasteiger partial charge in [-0.15, -0.1) is 0 Å². The summed E-state index contributed by atoms with van der Waals surface area (Å²) in [7, 11) is -3.79. The van der Waals surface area contributed by atoms with Crippen LogP contribution in [-0.4, -0.2) is 31.9 Å². The van der Waals surface area contributed by atoms with Gasteiger partial charge in [0.1, 0.15) is 0 Å². The number of aromatic carboxylic acids is 1. The quantitative estimate of drug-likeness (QED) is 0.840. The molecule has 0 spiro atoms. The van der Waals surface area contributed by atoms with E-state index in [-0.39, 0.29) is 22.2 Å². The van der Waals surface area contributed by atoms with Crippen LogP contribution in [-0.2, 0) is 10.0 Å². The second-order valence-electron chi connectivity index (χ2n) is 3.55. The number of hydrogen-bond donors (Lipinski definition) is 2. The minimum atomic E-state index is -3.79. The third-order valence-electron chi connectivity index (χ3n) is 2.12. The van der Waals surface area contributed by atoms with Gasteiger partial charge in [0, 0.05) is 0 Å². The van der Waals surface area contributed by atoms with Crippen molar-refractivity contribution in [1.82, 2.24) is 0 Å². The Hall–Kier alpha value is -1.05. The molecular formula is C10H10Cl2FNO4S. The fourth-order valence-electron chi connectivity index (χ4n) is 1.29. The van der Waals surface area contributed by atoms with Crippen LogP contribution < -0.4 is 4.72 Å². The van der Waals surface area contributed by atoms with Crippen molar-refractivity contribution in [1.29, 1.82) is 0 Å². The topological polar surface area (TPSA) is 83.5 Å². The summed E-state index contributed by atoms with van der Waals surface area (Å²) >= 11 is 11.4. The van der Waals surface area contributed by atoms with Crippen LogP contribution >= 0.6 is 23.2 Å². The van der Waals surface area contributed by atoms with Crippen molar-refractivity contribution in [2.75, 3.05) is 17.1 Å². The summed E-state index contributed by atoms with van der Waals surface area (Å²) in [6.45, 7) is -0.768. The van der Waals surface area contributed by atoms with E-state index >= 15 is 0 Å². The number of halogens is 3. The van der Waals surface area contributed by atoms with Crippen molar-refractivity contribution >= 4 is 44.9 Å². The number of carboxylic acid groups (broad SMARTS) is 1. The van der Waals surface area contributed by atoms with Crippen molar-refractivity contribution in [2.24, 2.45) is 0 Å². The molecule has 106 valence electrons. The third-order valence-corrected chi connectivity index (χ3v) is 4.18. The molecule has 0 saturated carbocycles. The Labute approximate surface area is 119 Å². The first kappa shape index (κ1) is 16.0. The number of carbonyl (C=O) groups is 1. The van der Waals surface area contributed by atoms with E-state index in [1.165, 1.54) is 12.1 Å². The highest BCUT2D eigenvalue weighted by Gasteiger charge is 2.19. The van der Waals surface area contributed by atoms with Crippen molar-refractivity contribution in [3.8, 4) is 0 Å². The average Bonchev–Trinajstić information content (AvgIpc) is 2.30. The molecule has 19 heavy (non-hydrogen) atoms. The first-order valence-corrected chi connectivity index (χ1v) is 7.47. The van der Waals surface area contributed by atoms with E-state index in [0.29, 0.717) is 0 Å². The number of carboxylic acids is 1. The van der Waals surface area contributed by atoms with E-state index in [1.54, 1.807) is 0 Å². The molecule has 9 heteroatoms. The summed E-state index contributed by atoms with van der Waals surface area (Å²) in [6.07, 6.45) is -0.160. The number of anilines is 1. The van der Waals surface area contributed by atoms with Crippen LogP contribution in [0.1, 0.15) is 16.8 Å². The zero-order valence-electron chi connectivity index (χ0n) is 9.49. The number of benzene rings is 1. The Morgan fingerprint density at radius 1 is 1.37 bits per heavy atom. The second-order valence-corrected chi connectivity index (χ2v) is 6.18. The Kier molecular flexibility index (Phi) is 5.39. The van der Waals surface area contributed by atoms with Crippen LogP contribution in [0.4, 0.5) is 10.1 Å². The van der Waals surface area contributed by atoms with Crippen molar-refractivity contribution in [2.45, 2.75) is 6.42 Å². The average molecular weight is 330 g/mol. The summed E-state index contributed by atoms with van der Waals surface area (Å²) in [6, 6.07) is 2.45. The maximum Gasteiger partial charge on any atom is 0.338 e. The van der Waals surface area contributed by atoms with Gasteiger partial charge in [-0.05, 0) is 18.6 Å². The van der Waals surface area contributed by atoms with E-state index < -0.39 is 34.0 Å². The van der Waals surface area contributed by atoms with Gasteiger partial charge in [-0.25, -0.2) is 13.2 Å². The molecule has 0 amide bonds. The molecule has 0 aliphatic heterocycles. The maximum absolute atomic E-state index is 12.0. The van der Waals surface area contributed by atoms with E-state index in [1.807, 2.05) is 0 Å². The van der Waals surface area contributed by atoms with E-state index in [2.05, 4.69) is 4.72 Å². The molecule has 0 bridgehead atoms. The number of rotatable bonds is 6. The van der Waals surface area contributed by atoms with Gasteiger partial charge in [0.05, 0.1) is 33.7 Å². The fourth-order valence-corrected chi connectivity index (χ4v) is 3.02. The molecule has 0 unspecified atom stereocenters. The minimum absolute atomic E-state index is 0.107. The molecule has 0 aliphatic rings. The lowest BCUT2D eigenvalue weighted by atomic mass is 10.2. The van der Waals surface area contributed by atoms with Crippen molar-refractivity contribution in [3.63, 3.8) is 0 Å². The van der Waals surface area contributed by atoms with Gasteiger partial charge < -0.3 is 5.11 Å². The van der Waals surface area contributed by atoms with E-state index in [9.17, 15) is 17.6 Å². The summed E-state index contributed by atoms with van der Waals surface area (Å²) in [5.74, 6) is -1.80. The number of hydrogen-bond acceptors (Lipinski definition) is 3. The first-order chi connectivity index (χ1) is 8.78. The number of sulfonamides is 1. The standard InChI is InChI=1S/C10H10Cl2FNO4S/c11-6-2-3-7(9(12)8(6)10(15)16)14-19(17,18)5-1-4-13/h2-3,14H,1,4-5H2,(H,15,16). The molecule has 0 radical (unpaired) electrons. The van der Waals surface area contributed by atoms with E-state index in [0.717, 1.165) is 0 Å². The smallest absolute Gasteiger partial charge is 0.338 e. The highest BCUT2D eigenvalue weighted by atomic mass is 35.5. The molecule has 0 aromatic heterocycles. The molecule has 0 fully saturated rings. The van der Waals surface area contributed by atoms with Crippen molar-refractivity contribution in [3.05, 3.63) is 27.7 Å². The third kappa shape index (κ3) is 4.22. The van der Waals surface area contributed by atoms with Crippen LogP contribution in [0.15, 0.2) is 12.1 Å². The lowest BCUT2D eigenvalue weighted by Gasteiger charge is -2.11. The largest absolute Gasteiger partial charge is 0.478 e. The SMILES string of the molecule is O=C(O)c1c(Cl)ccc(NS(=O)(=O)CCCF)c1Cl. The van der Waals surface area contributed by atoms with Gasteiger partial charge >= 0.3 is 5.97 Å². The predicted octanol–water partition coefficient (Wildman–Crippen LogP) is 2.79. The molecule has 2 N–H and O–H groups in total. The Balaban J connectivity index is 3.10. The fraction of sp³-hybridized carbons (Fsp3) is 0.300. The van der Waals surface area contributed by atoms with Crippen LogP contribution in [0.2, 0.25) is 10.0 Å². The second kappa shape index (κ2) is 6.40. The molecule has 0 aliphatic carbocycles. The highest BCUT2D eigenvalue weighted by molar-refractivity contribution is 7.92. The molecule has 1 rings (SSSR count). The minimum Gasteiger partial charge on any atom is -0.478 e. The van der Waals surface area contributed by atoms with Crippen LogP contribution in [0.25, 0.3) is 0 Å². The van der Waals surface area contributed by atoms with Crippen LogP contribution in [0.5, 0.6) is 0 Å². The summed E-state index contributed by atoms with van der Waals surface area (Å²) in [4.78, 5) is 10.9. The van der Waals surface area contributed by atoms with Crippen molar-refractivity contribution < 1.29 is 22.7 Å². The summed E-state index contributed by atoms with van der Waals surface area (Å²) in [5, 5.41) is 8.49. The molecule has 0 saturated heterocycles. The Morgan fingerprint density at radius 3 is 2.53 bits per heavy atom. The number of nitrogens with one attached hydrogen (secondary N) is 1. The Bertz CT molecular complexity index is 591. The lowest BCUT2D eigenvalue weighted by Crippen LogP contribution is -2.18. The maximum atomic E-state index is 12.0. The zero-order chi connectivity index (χ0) is 14.6. The van der Waals surface area contributed by atoms with Gasteiger partial charge in [-0.2, -0.15) is 0 Å². The molecule has 5 nitrogen and oxygen atoms in total. The summed E-state index contributed by atoms with van der Waals surface area (Å²) in [5.41, 5.74) is -0.503.